The van der Waals surface area contributed by atoms with Gasteiger partial charge in [0.1, 0.15) is 6.61 Å². The zero-order chi connectivity index (χ0) is 15.6. The third-order valence-corrected chi connectivity index (χ3v) is 3.72. The molecule has 0 bridgehead atoms. The van der Waals surface area contributed by atoms with Crippen LogP contribution in [0.1, 0.15) is 31.2 Å². The second kappa shape index (κ2) is 11.4. The predicted octanol–water partition coefficient (Wildman–Crippen LogP) is 2.42. The lowest BCUT2D eigenvalue weighted by molar-refractivity contribution is 0.143. The van der Waals surface area contributed by atoms with Gasteiger partial charge >= 0.3 is 0 Å². The molecule has 0 radical (unpaired) electrons. The van der Waals surface area contributed by atoms with E-state index in [0.717, 1.165) is 18.7 Å². The number of rotatable bonds is 6. The molecule has 6 nitrogen and oxygen atoms in total. The van der Waals surface area contributed by atoms with Gasteiger partial charge in [0.25, 0.3) is 0 Å². The fourth-order valence-corrected chi connectivity index (χ4v) is 2.46. The van der Waals surface area contributed by atoms with Gasteiger partial charge < -0.3 is 20.1 Å². The van der Waals surface area contributed by atoms with Gasteiger partial charge in [0, 0.05) is 32.0 Å². The van der Waals surface area contributed by atoms with Crippen molar-refractivity contribution in [3.8, 4) is 5.88 Å². The number of hydrogen-bond acceptors (Lipinski definition) is 4. The molecule has 1 aliphatic heterocycles. The maximum atomic E-state index is 6.13. The van der Waals surface area contributed by atoms with Crippen LogP contribution < -0.4 is 10.5 Å². The van der Waals surface area contributed by atoms with Gasteiger partial charge in [0.15, 0.2) is 5.96 Å². The van der Waals surface area contributed by atoms with Crippen LogP contribution in [0.3, 0.4) is 0 Å². The van der Waals surface area contributed by atoms with Crippen molar-refractivity contribution in [2.75, 3.05) is 33.4 Å². The summed E-state index contributed by atoms with van der Waals surface area (Å²) < 4.78 is 10.6. The van der Waals surface area contributed by atoms with Crippen molar-refractivity contribution in [3.63, 3.8) is 0 Å². The lowest BCUT2D eigenvalue weighted by Crippen LogP contribution is -2.38. The number of hydrogen-bond donors (Lipinski definition) is 1. The molecule has 0 unspecified atom stereocenters. The summed E-state index contributed by atoms with van der Waals surface area (Å²) in [5.41, 5.74) is 7.07. The smallest absolute Gasteiger partial charge is 0.218 e. The second-order valence-electron chi connectivity index (χ2n) is 5.38. The number of likely N-dealkylation sites (tertiary alicyclic amines) is 1. The fourth-order valence-electron chi connectivity index (χ4n) is 2.46. The molecular weight excluding hydrogens is 407 g/mol. The average molecular weight is 434 g/mol. The molecule has 1 aromatic heterocycles. The summed E-state index contributed by atoms with van der Waals surface area (Å²) in [7, 11) is 1.65. The molecule has 1 saturated heterocycles. The molecule has 1 aliphatic rings. The van der Waals surface area contributed by atoms with Gasteiger partial charge in [-0.1, -0.05) is 18.9 Å². The van der Waals surface area contributed by atoms with Gasteiger partial charge in [-0.15, -0.1) is 24.0 Å². The number of aliphatic imine (C=N–C) groups is 1. The molecule has 130 valence electrons. The SMILES string of the molecule is COCCOc1ncccc1CN=C(N)N1CCCCCC1.I. The molecule has 0 aliphatic carbocycles. The number of ether oxygens (including phenoxy) is 2. The predicted molar refractivity (Wildman–Crippen MR) is 102 cm³/mol. The quantitative estimate of drug-likeness (QED) is 0.322. The standard InChI is InChI=1S/C16H26N4O2.HI/c1-21-11-12-22-15-14(7-6-8-18-15)13-19-16(17)20-9-4-2-3-5-10-20;/h6-8H,2-5,9-13H2,1H3,(H2,17,19);1H. The van der Waals surface area contributed by atoms with Gasteiger partial charge in [0.2, 0.25) is 5.88 Å². The van der Waals surface area contributed by atoms with Crippen LogP contribution in [0.2, 0.25) is 0 Å². The van der Waals surface area contributed by atoms with E-state index in [1.54, 1.807) is 13.3 Å². The minimum Gasteiger partial charge on any atom is -0.475 e. The van der Waals surface area contributed by atoms with E-state index in [9.17, 15) is 0 Å². The highest BCUT2D eigenvalue weighted by Gasteiger charge is 2.11. The Morgan fingerprint density at radius 2 is 2.00 bits per heavy atom. The Labute approximate surface area is 155 Å². The molecule has 0 atom stereocenters. The Morgan fingerprint density at radius 3 is 2.70 bits per heavy atom. The largest absolute Gasteiger partial charge is 0.475 e. The topological polar surface area (TPSA) is 73.0 Å². The number of nitrogens with two attached hydrogens (primary N) is 1. The Balaban J connectivity index is 0.00000264. The Kier molecular flexibility index (Phi) is 9.93. The summed E-state index contributed by atoms with van der Waals surface area (Å²) in [5, 5.41) is 0. The first-order valence-electron chi connectivity index (χ1n) is 7.91. The van der Waals surface area contributed by atoms with Crippen molar-refractivity contribution in [1.29, 1.82) is 0 Å². The van der Waals surface area contributed by atoms with Crippen LogP contribution in [0.15, 0.2) is 23.3 Å². The third-order valence-electron chi connectivity index (χ3n) is 3.72. The number of halogens is 1. The minimum atomic E-state index is 0. The summed E-state index contributed by atoms with van der Waals surface area (Å²) in [4.78, 5) is 10.9. The summed E-state index contributed by atoms with van der Waals surface area (Å²) in [6.07, 6.45) is 6.66. The Hall–Kier alpha value is -1.09. The first-order chi connectivity index (χ1) is 10.8. The summed E-state index contributed by atoms with van der Waals surface area (Å²) in [6.45, 7) is 3.50. The molecule has 0 amide bonds. The van der Waals surface area contributed by atoms with Crippen LogP contribution in [0.5, 0.6) is 5.88 Å². The number of methoxy groups -OCH3 is 1. The van der Waals surface area contributed by atoms with Crippen LogP contribution in [0.25, 0.3) is 0 Å². The highest BCUT2D eigenvalue weighted by atomic mass is 127. The minimum absolute atomic E-state index is 0. The van der Waals surface area contributed by atoms with Crippen LogP contribution in [-0.2, 0) is 11.3 Å². The van der Waals surface area contributed by atoms with E-state index in [-0.39, 0.29) is 24.0 Å². The number of aromatic nitrogens is 1. The molecule has 7 heteroatoms. The van der Waals surface area contributed by atoms with E-state index in [0.29, 0.717) is 31.6 Å². The van der Waals surface area contributed by atoms with Gasteiger partial charge in [0.05, 0.1) is 13.2 Å². The molecule has 23 heavy (non-hydrogen) atoms. The van der Waals surface area contributed by atoms with E-state index >= 15 is 0 Å². The molecule has 0 aromatic carbocycles. The third kappa shape index (κ3) is 6.90. The Morgan fingerprint density at radius 1 is 1.26 bits per heavy atom. The molecule has 2 rings (SSSR count). The normalized spacial score (nSPS) is 15.7. The van der Waals surface area contributed by atoms with Crippen LogP contribution in [0, 0.1) is 0 Å². The Bertz CT molecular complexity index is 477. The highest BCUT2D eigenvalue weighted by Crippen LogP contribution is 2.16. The van der Waals surface area contributed by atoms with Crippen LogP contribution in [0.4, 0.5) is 0 Å². The van der Waals surface area contributed by atoms with Gasteiger partial charge in [-0.05, 0) is 18.9 Å². The monoisotopic (exact) mass is 434 g/mol. The molecular formula is C16H27IN4O2. The number of guanidine groups is 1. The lowest BCUT2D eigenvalue weighted by Gasteiger charge is -2.21. The van der Waals surface area contributed by atoms with Crippen molar-refractivity contribution < 1.29 is 9.47 Å². The maximum absolute atomic E-state index is 6.13. The molecule has 1 fully saturated rings. The molecule has 2 N–H and O–H groups in total. The van der Waals surface area contributed by atoms with Crippen LogP contribution in [-0.4, -0.2) is 49.3 Å². The van der Waals surface area contributed by atoms with Crippen molar-refractivity contribution in [2.24, 2.45) is 10.7 Å². The first-order valence-corrected chi connectivity index (χ1v) is 7.91. The van der Waals surface area contributed by atoms with Crippen LogP contribution >= 0.6 is 24.0 Å². The van der Waals surface area contributed by atoms with Gasteiger partial charge in [-0.3, -0.25) is 0 Å². The van der Waals surface area contributed by atoms with E-state index in [1.165, 1.54) is 25.7 Å². The zero-order valence-corrected chi connectivity index (χ0v) is 16.1. The second-order valence-corrected chi connectivity index (χ2v) is 5.38. The summed E-state index contributed by atoms with van der Waals surface area (Å²) >= 11 is 0. The van der Waals surface area contributed by atoms with E-state index in [2.05, 4.69) is 14.9 Å². The number of pyridine rings is 1. The molecule has 1 aromatic rings. The van der Waals surface area contributed by atoms with E-state index in [4.69, 9.17) is 15.2 Å². The van der Waals surface area contributed by atoms with Crippen molar-refractivity contribution >= 4 is 29.9 Å². The summed E-state index contributed by atoms with van der Waals surface area (Å²) in [5.74, 6) is 1.22. The van der Waals surface area contributed by atoms with Crippen molar-refractivity contribution in [2.45, 2.75) is 32.2 Å². The van der Waals surface area contributed by atoms with Crippen molar-refractivity contribution in [1.82, 2.24) is 9.88 Å². The van der Waals surface area contributed by atoms with E-state index < -0.39 is 0 Å². The average Bonchev–Trinajstić information content (AvgIpc) is 2.83. The van der Waals surface area contributed by atoms with Gasteiger partial charge in [-0.2, -0.15) is 0 Å². The molecule has 0 saturated carbocycles. The fraction of sp³-hybridized carbons (Fsp3) is 0.625. The lowest BCUT2D eigenvalue weighted by atomic mass is 10.2. The van der Waals surface area contributed by atoms with Crippen molar-refractivity contribution in [3.05, 3.63) is 23.9 Å². The van der Waals surface area contributed by atoms with E-state index in [1.807, 2.05) is 12.1 Å². The molecule has 2 heterocycles. The molecule has 0 spiro atoms. The zero-order valence-electron chi connectivity index (χ0n) is 13.7. The highest BCUT2D eigenvalue weighted by molar-refractivity contribution is 14.0. The van der Waals surface area contributed by atoms with Gasteiger partial charge in [-0.25, -0.2) is 9.98 Å². The number of nitrogens with zero attached hydrogens (tertiary/aromatic N) is 3. The summed E-state index contributed by atoms with van der Waals surface area (Å²) in [6, 6.07) is 3.85. The maximum Gasteiger partial charge on any atom is 0.218 e. The first kappa shape index (κ1) is 20.0.